The number of hydrogen-bond donors (Lipinski definition) is 2. The quantitative estimate of drug-likeness (QED) is 0.395. The average molecular weight is 377 g/mol. The Morgan fingerprint density at radius 2 is 2.08 bits per heavy atom. The molecule has 1 aromatic rings. The van der Waals surface area contributed by atoms with E-state index in [-0.39, 0.29) is 5.91 Å². The molecule has 26 heavy (non-hydrogen) atoms. The third kappa shape index (κ3) is 7.28. The summed E-state index contributed by atoms with van der Waals surface area (Å²) in [5.74, 6) is 2.85. The molecule has 1 atom stereocenters. The summed E-state index contributed by atoms with van der Waals surface area (Å²) < 4.78 is 0. The first-order valence-corrected chi connectivity index (χ1v) is 10.7. The van der Waals surface area contributed by atoms with Crippen LogP contribution >= 0.6 is 11.8 Å². The summed E-state index contributed by atoms with van der Waals surface area (Å²) in [5, 5.41) is 6.28. The summed E-state index contributed by atoms with van der Waals surface area (Å²) in [6, 6.07) is 10.6. The van der Waals surface area contributed by atoms with Crippen molar-refractivity contribution in [1.82, 2.24) is 15.5 Å². The van der Waals surface area contributed by atoms with E-state index < -0.39 is 0 Å². The molecule has 2 rings (SSSR count). The predicted molar refractivity (Wildman–Crippen MR) is 111 cm³/mol. The van der Waals surface area contributed by atoms with Gasteiger partial charge in [-0.05, 0) is 37.8 Å². The number of thioether (sulfide) groups is 1. The van der Waals surface area contributed by atoms with E-state index in [0.29, 0.717) is 18.9 Å². The Morgan fingerprint density at radius 3 is 2.81 bits per heavy atom. The number of hydrogen-bond acceptors (Lipinski definition) is 3. The Morgan fingerprint density at radius 1 is 1.27 bits per heavy atom. The minimum atomic E-state index is 0.0880. The van der Waals surface area contributed by atoms with Gasteiger partial charge in [0.1, 0.15) is 0 Å². The molecule has 0 bridgehead atoms. The van der Waals surface area contributed by atoms with Crippen molar-refractivity contribution >= 4 is 23.6 Å². The number of amides is 1. The fraction of sp³-hybridized carbons (Fsp3) is 0.600. The van der Waals surface area contributed by atoms with Gasteiger partial charge >= 0.3 is 0 Å². The van der Waals surface area contributed by atoms with E-state index in [0.717, 1.165) is 44.3 Å². The van der Waals surface area contributed by atoms with Crippen LogP contribution in [0.5, 0.6) is 0 Å². The Hall–Kier alpha value is -1.69. The van der Waals surface area contributed by atoms with Crippen molar-refractivity contribution in [2.24, 2.45) is 10.9 Å². The van der Waals surface area contributed by atoms with Crippen LogP contribution < -0.4 is 10.6 Å². The number of likely N-dealkylation sites (tertiary alicyclic amines) is 1. The molecule has 0 aromatic heterocycles. The Kier molecular flexibility index (Phi) is 9.39. The van der Waals surface area contributed by atoms with Gasteiger partial charge in [0.05, 0.1) is 6.54 Å². The van der Waals surface area contributed by atoms with Gasteiger partial charge in [-0.3, -0.25) is 9.79 Å². The largest absolute Gasteiger partial charge is 0.357 e. The smallest absolute Gasteiger partial charge is 0.221 e. The maximum absolute atomic E-state index is 11.7. The van der Waals surface area contributed by atoms with Crippen LogP contribution in [0.2, 0.25) is 0 Å². The van der Waals surface area contributed by atoms with E-state index in [1.807, 2.05) is 11.8 Å². The van der Waals surface area contributed by atoms with Crippen molar-refractivity contribution in [2.45, 2.75) is 38.0 Å². The van der Waals surface area contributed by atoms with E-state index >= 15 is 0 Å². The number of aliphatic imine (C=N–C) groups is 1. The zero-order valence-corrected chi connectivity index (χ0v) is 16.9. The van der Waals surface area contributed by atoms with Crippen LogP contribution in [0.4, 0.5) is 0 Å². The van der Waals surface area contributed by atoms with E-state index in [4.69, 9.17) is 0 Å². The number of carbonyl (C=O) groups excluding carboxylic acids is 1. The number of benzene rings is 1. The molecule has 1 fully saturated rings. The molecular formula is C20H32N4OS. The van der Waals surface area contributed by atoms with Crippen LogP contribution in [0, 0.1) is 5.92 Å². The normalized spacial score (nSPS) is 17.4. The minimum Gasteiger partial charge on any atom is -0.357 e. The van der Waals surface area contributed by atoms with Crippen molar-refractivity contribution in [1.29, 1.82) is 0 Å². The molecule has 0 aliphatic carbocycles. The lowest BCUT2D eigenvalue weighted by Crippen LogP contribution is -2.40. The lowest BCUT2D eigenvalue weighted by atomic mass is 10.2. The van der Waals surface area contributed by atoms with Crippen molar-refractivity contribution in [3.05, 3.63) is 30.3 Å². The van der Waals surface area contributed by atoms with Crippen LogP contribution in [0.15, 0.2) is 40.2 Å². The Labute approximate surface area is 162 Å². The molecule has 1 heterocycles. The van der Waals surface area contributed by atoms with Gasteiger partial charge in [-0.15, -0.1) is 11.8 Å². The molecule has 1 unspecified atom stereocenters. The first-order chi connectivity index (χ1) is 12.7. The lowest BCUT2D eigenvalue weighted by Gasteiger charge is -2.21. The molecule has 5 nitrogen and oxygen atoms in total. The number of guanidine groups is 1. The third-order valence-electron chi connectivity index (χ3n) is 4.32. The molecule has 0 radical (unpaired) electrons. The summed E-state index contributed by atoms with van der Waals surface area (Å²) in [6.45, 7) is 8.35. The van der Waals surface area contributed by atoms with Gasteiger partial charge < -0.3 is 15.5 Å². The van der Waals surface area contributed by atoms with Crippen LogP contribution in [0.3, 0.4) is 0 Å². The van der Waals surface area contributed by atoms with Crippen LogP contribution in [0.1, 0.15) is 33.1 Å². The second-order valence-corrected chi connectivity index (χ2v) is 7.65. The fourth-order valence-electron chi connectivity index (χ4n) is 2.93. The zero-order valence-electron chi connectivity index (χ0n) is 16.0. The van der Waals surface area contributed by atoms with Crippen molar-refractivity contribution in [2.75, 3.05) is 38.5 Å². The number of nitrogens with one attached hydrogen (secondary N) is 2. The van der Waals surface area contributed by atoms with Gasteiger partial charge in [0.2, 0.25) is 5.91 Å². The molecule has 2 N–H and O–H groups in total. The molecule has 1 aliphatic heterocycles. The topological polar surface area (TPSA) is 56.7 Å². The van der Waals surface area contributed by atoms with Crippen LogP contribution in [0.25, 0.3) is 0 Å². The summed E-state index contributed by atoms with van der Waals surface area (Å²) in [4.78, 5) is 20.1. The zero-order chi connectivity index (χ0) is 18.6. The second-order valence-electron chi connectivity index (χ2n) is 6.56. The molecule has 0 saturated carbocycles. The summed E-state index contributed by atoms with van der Waals surface area (Å²) in [7, 11) is 0. The van der Waals surface area contributed by atoms with Crippen LogP contribution in [-0.4, -0.2) is 55.2 Å². The monoisotopic (exact) mass is 376 g/mol. The SMILES string of the molecule is CCCNC(=O)CCN=C(NCC)N1CCC(CSc2ccccc2)C1. The highest BCUT2D eigenvalue weighted by molar-refractivity contribution is 7.99. The summed E-state index contributed by atoms with van der Waals surface area (Å²) in [5.41, 5.74) is 0. The van der Waals surface area contributed by atoms with E-state index in [1.165, 1.54) is 11.3 Å². The molecule has 1 saturated heterocycles. The molecule has 6 heteroatoms. The Balaban J connectivity index is 1.78. The maximum atomic E-state index is 11.7. The van der Waals surface area contributed by atoms with E-state index in [9.17, 15) is 4.79 Å². The van der Waals surface area contributed by atoms with Crippen LogP contribution in [-0.2, 0) is 4.79 Å². The molecule has 1 aromatic carbocycles. The highest BCUT2D eigenvalue weighted by Gasteiger charge is 2.24. The lowest BCUT2D eigenvalue weighted by molar-refractivity contribution is -0.120. The minimum absolute atomic E-state index is 0.0880. The molecular weight excluding hydrogens is 344 g/mol. The number of carbonyl (C=O) groups is 1. The fourth-order valence-corrected chi connectivity index (χ4v) is 3.98. The first kappa shape index (κ1) is 20.6. The maximum Gasteiger partial charge on any atom is 0.221 e. The summed E-state index contributed by atoms with van der Waals surface area (Å²) >= 11 is 1.93. The van der Waals surface area contributed by atoms with Crippen molar-refractivity contribution < 1.29 is 4.79 Å². The number of rotatable bonds is 9. The predicted octanol–water partition coefficient (Wildman–Crippen LogP) is 2.98. The second kappa shape index (κ2) is 11.8. The van der Waals surface area contributed by atoms with Crippen molar-refractivity contribution in [3.8, 4) is 0 Å². The Bertz CT molecular complexity index is 564. The number of nitrogens with zero attached hydrogens (tertiary/aromatic N) is 2. The standard InChI is InChI=1S/C20H32N4OS/c1-3-12-22-19(25)10-13-23-20(21-4-2)24-14-11-17(15-24)16-26-18-8-6-5-7-9-18/h5-9,17H,3-4,10-16H2,1-2H3,(H,21,23)(H,22,25). The van der Waals surface area contributed by atoms with Gasteiger partial charge in [-0.1, -0.05) is 25.1 Å². The van der Waals surface area contributed by atoms with E-state index in [2.05, 4.69) is 64.7 Å². The van der Waals surface area contributed by atoms with E-state index in [1.54, 1.807) is 0 Å². The molecule has 1 amide bonds. The summed E-state index contributed by atoms with van der Waals surface area (Å²) in [6.07, 6.45) is 2.62. The molecule has 1 aliphatic rings. The van der Waals surface area contributed by atoms with Gasteiger partial charge in [0.25, 0.3) is 0 Å². The first-order valence-electron chi connectivity index (χ1n) is 9.70. The molecule has 0 spiro atoms. The highest BCUT2D eigenvalue weighted by atomic mass is 32.2. The highest BCUT2D eigenvalue weighted by Crippen LogP contribution is 2.25. The van der Waals surface area contributed by atoms with Crippen molar-refractivity contribution in [3.63, 3.8) is 0 Å². The van der Waals surface area contributed by atoms with Gasteiger partial charge in [-0.2, -0.15) is 0 Å². The van der Waals surface area contributed by atoms with Gasteiger partial charge in [-0.25, -0.2) is 0 Å². The third-order valence-corrected chi connectivity index (χ3v) is 5.57. The van der Waals surface area contributed by atoms with Gasteiger partial charge in [0, 0.05) is 43.2 Å². The average Bonchev–Trinajstić information content (AvgIpc) is 3.14. The van der Waals surface area contributed by atoms with Gasteiger partial charge in [0.15, 0.2) is 5.96 Å². The molecule has 144 valence electrons.